The molecular formula is C34H77Br2Cl2F2N5O8-2. The molecule has 0 fully saturated rings. The Morgan fingerprint density at radius 1 is 0.774 bits per heavy atom. The Morgan fingerprint density at radius 2 is 1.13 bits per heavy atom. The van der Waals surface area contributed by atoms with Crippen LogP contribution in [0.4, 0.5) is 9.50 Å². The molecule has 0 spiro atoms. The van der Waals surface area contributed by atoms with Gasteiger partial charge in [-0.2, -0.15) is 0 Å². The Bertz CT molecular complexity index is 836. The van der Waals surface area contributed by atoms with Crippen molar-refractivity contribution in [3.63, 3.8) is 0 Å². The molecule has 0 rings (SSSR count). The minimum absolute atomic E-state index is 0. The van der Waals surface area contributed by atoms with E-state index in [2.05, 4.69) is 89.6 Å². The molecule has 0 radical (unpaired) electrons. The van der Waals surface area contributed by atoms with E-state index in [0.29, 0.717) is 32.4 Å². The van der Waals surface area contributed by atoms with Crippen LogP contribution in [0, 0.1) is 7.43 Å². The summed E-state index contributed by atoms with van der Waals surface area (Å²) in [5, 5.41) is 3.60. The normalized spacial score (nSPS) is 9.74. The zero-order valence-electron chi connectivity index (χ0n) is 35.1. The number of methoxy groups -OCH3 is 3. The molecule has 0 aromatic carbocycles. The number of likely N-dealkylation sites (N-methyl/N-ethyl adjacent to an activating group) is 2. The van der Waals surface area contributed by atoms with Gasteiger partial charge in [0.15, 0.2) is 0 Å². The number of halogens is 6. The lowest BCUT2D eigenvalue weighted by molar-refractivity contribution is -0.889. The molecule has 19 heteroatoms. The lowest BCUT2D eigenvalue weighted by Crippen LogP contribution is -3.00. The Labute approximate surface area is 353 Å². The first-order valence-corrected chi connectivity index (χ1v) is 17.5. The van der Waals surface area contributed by atoms with Crippen LogP contribution in [0.3, 0.4) is 0 Å². The van der Waals surface area contributed by atoms with Crippen LogP contribution in [0.25, 0.3) is 0 Å². The fourth-order valence-corrected chi connectivity index (χ4v) is 3.90. The first kappa shape index (κ1) is 76.6. The molecule has 0 aliphatic heterocycles. The third-order valence-corrected chi connectivity index (χ3v) is 6.84. The first-order valence-electron chi connectivity index (χ1n) is 16.4. The smallest absolute Gasteiger partial charge is 0.407 e. The molecule has 0 saturated carbocycles. The summed E-state index contributed by atoms with van der Waals surface area (Å²) in [6.07, 6.45) is 4.79. The fourth-order valence-electron chi connectivity index (χ4n) is 3.62. The highest BCUT2D eigenvalue weighted by molar-refractivity contribution is 9.09. The van der Waals surface area contributed by atoms with E-state index in [-0.39, 0.29) is 76.5 Å². The van der Waals surface area contributed by atoms with Crippen LogP contribution in [0.15, 0.2) is 0 Å². The minimum atomic E-state index is -0.477. The summed E-state index contributed by atoms with van der Waals surface area (Å²) in [5.41, 5.74) is 4.99. The van der Waals surface area contributed by atoms with Crippen molar-refractivity contribution in [3.8, 4) is 0 Å². The third kappa shape index (κ3) is 69.3. The van der Waals surface area contributed by atoms with Crippen molar-refractivity contribution < 1.29 is 85.9 Å². The van der Waals surface area contributed by atoms with Gasteiger partial charge in [0, 0.05) is 31.1 Å². The number of hydrogen-bond donors (Lipinski definition) is 2. The van der Waals surface area contributed by atoms with Crippen molar-refractivity contribution in [1.82, 2.24) is 10.2 Å². The van der Waals surface area contributed by atoms with Crippen molar-refractivity contribution in [2.45, 2.75) is 78.2 Å². The number of nitrogens with zero attached hydrogens (tertiary/aromatic N) is 3. The molecule has 13 nitrogen and oxygen atoms in total. The molecule has 0 aromatic rings. The number of carbonyl (C=O) groups is 4. The first-order chi connectivity index (χ1) is 21.6. The maximum absolute atomic E-state index is 11.5. The monoisotopic (exact) mass is 949 g/mol. The van der Waals surface area contributed by atoms with Gasteiger partial charge in [-0.05, 0) is 54.3 Å². The summed E-state index contributed by atoms with van der Waals surface area (Å²) < 4.78 is 20.3. The molecule has 3 N–H and O–H groups in total. The van der Waals surface area contributed by atoms with Crippen molar-refractivity contribution in [1.29, 1.82) is 0 Å². The summed E-state index contributed by atoms with van der Waals surface area (Å²) in [4.78, 5) is 45.8. The van der Waals surface area contributed by atoms with Crippen LogP contribution in [0.2, 0.25) is 0 Å². The van der Waals surface area contributed by atoms with Crippen LogP contribution in [-0.2, 0) is 33.3 Å². The van der Waals surface area contributed by atoms with E-state index >= 15 is 0 Å². The standard InChI is InChI=1S/C14H28N2O4.C9H21N2O2.C5H9BrO2.C5H13N.CH3.BrH.2ClH.2FH/c1-14(2,3)20-13(18)15-9-11-16(4,5)10-7-8-12(17)19-6;1-11(2,8-6-10)7-4-5-9(12)13-3;1-8-5(7)3-2-4-6;1-4-5-6(2)3;;;;;;/h7-11H2,1-6H3;4-8,10H2,1-3H3;2-4H2,1H3;4-5H2,1-3H3;1H3;5*1H/q;+1;;;-1;;;;;/p-2. The average Bonchev–Trinajstić information content (AvgIpc) is 2.95. The molecule has 0 saturated heterocycles. The predicted octanol–water partition coefficient (Wildman–Crippen LogP) is -4.16. The van der Waals surface area contributed by atoms with E-state index in [1.807, 2.05) is 20.8 Å². The van der Waals surface area contributed by atoms with Gasteiger partial charge in [0.1, 0.15) is 5.60 Å². The van der Waals surface area contributed by atoms with E-state index in [4.69, 9.17) is 10.5 Å². The number of alkyl halides is 1. The predicted molar refractivity (Wildman–Crippen MR) is 210 cm³/mol. The van der Waals surface area contributed by atoms with Gasteiger partial charge in [-0.1, -0.05) is 22.9 Å². The molecule has 0 unspecified atom stereocenters. The second-order valence-electron chi connectivity index (χ2n) is 13.5. The van der Waals surface area contributed by atoms with Gasteiger partial charge in [-0.25, -0.2) is 4.79 Å². The van der Waals surface area contributed by atoms with Gasteiger partial charge in [0.05, 0.1) is 95.1 Å². The molecule has 0 aliphatic carbocycles. The Morgan fingerprint density at radius 3 is 1.40 bits per heavy atom. The number of carbonyl (C=O) groups excluding carboxylic acids is 4. The number of esters is 3. The van der Waals surface area contributed by atoms with Crippen molar-refractivity contribution >= 4 is 52.3 Å². The van der Waals surface area contributed by atoms with Crippen LogP contribution in [0.5, 0.6) is 0 Å². The molecule has 1 amide bonds. The van der Waals surface area contributed by atoms with E-state index < -0.39 is 11.7 Å². The number of amides is 1. The summed E-state index contributed by atoms with van der Waals surface area (Å²) in [6, 6.07) is 0. The van der Waals surface area contributed by atoms with E-state index in [0.717, 1.165) is 59.7 Å². The summed E-state index contributed by atoms with van der Waals surface area (Å²) in [6.45, 7) is 13.7. The van der Waals surface area contributed by atoms with Gasteiger partial charge in [-0.15, -0.1) is 12.4 Å². The highest BCUT2D eigenvalue weighted by atomic mass is 79.9. The van der Waals surface area contributed by atoms with Gasteiger partial charge < -0.3 is 85.4 Å². The van der Waals surface area contributed by atoms with Gasteiger partial charge >= 0.3 is 24.0 Å². The number of alkyl carbamates (subject to hydrolysis) is 1. The summed E-state index contributed by atoms with van der Waals surface area (Å²) in [5.74, 6) is -0.450. The van der Waals surface area contributed by atoms with Crippen molar-refractivity contribution in [3.05, 3.63) is 7.43 Å². The van der Waals surface area contributed by atoms with Crippen LogP contribution >= 0.6 is 28.3 Å². The summed E-state index contributed by atoms with van der Waals surface area (Å²) >= 11 is 3.20. The number of ether oxygens (including phenoxy) is 4. The second-order valence-corrected chi connectivity index (χ2v) is 14.3. The molecule has 0 aromatic heterocycles. The highest BCUT2D eigenvalue weighted by Gasteiger charge is 2.19. The molecule has 0 heterocycles. The Hall–Kier alpha value is -1.08. The molecule has 0 bridgehead atoms. The van der Waals surface area contributed by atoms with Crippen molar-refractivity contribution in [2.75, 3.05) is 115 Å². The maximum atomic E-state index is 11.5. The van der Waals surface area contributed by atoms with Crippen LogP contribution < -0.4 is 45.1 Å². The quantitative estimate of drug-likeness (QED) is 0.0457. The zero-order chi connectivity index (χ0) is 37.5. The SMILES string of the molecule is CCCN(C)C.COC(=O)CCCBr.COC(=O)CCC[N+](C)(C)CCN.COC(=O)CCC[N+](C)(C)CCNC(=O)OC(C)(C)C.Cl.F.[Br-].[CH3-].[Cl-].[F-]. The summed E-state index contributed by atoms with van der Waals surface area (Å²) in [7, 11) is 16.7. The van der Waals surface area contributed by atoms with Crippen LogP contribution in [-0.4, -0.2) is 158 Å². The van der Waals surface area contributed by atoms with Gasteiger partial charge in [0.25, 0.3) is 0 Å². The average molecular weight is 953 g/mol. The largest absolute Gasteiger partial charge is 1.00 e. The van der Waals surface area contributed by atoms with Gasteiger partial charge in [0.2, 0.25) is 0 Å². The Balaban J connectivity index is -0.0000000612. The number of quaternary nitrogens is 2. The lowest BCUT2D eigenvalue weighted by atomic mass is 10.2. The number of nitrogens with one attached hydrogen (secondary N) is 1. The van der Waals surface area contributed by atoms with E-state index in [9.17, 15) is 19.2 Å². The second kappa shape index (κ2) is 47.1. The van der Waals surface area contributed by atoms with Crippen LogP contribution in [0.1, 0.15) is 72.6 Å². The molecule has 53 heavy (non-hydrogen) atoms. The minimum Gasteiger partial charge on any atom is -1.00 e. The van der Waals surface area contributed by atoms with Crippen molar-refractivity contribution in [2.24, 2.45) is 5.73 Å². The van der Waals surface area contributed by atoms with Gasteiger partial charge in [-0.3, -0.25) is 19.1 Å². The van der Waals surface area contributed by atoms with E-state index in [1.54, 1.807) is 0 Å². The molecule has 330 valence electrons. The maximum Gasteiger partial charge on any atom is 0.407 e. The highest BCUT2D eigenvalue weighted by Crippen LogP contribution is 2.07. The molecule has 0 atom stereocenters. The Kier molecular flexibility index (Phi) is 68.0. The number of hydrogen-bond acceptors (Lipinski definition) is 10. The van der Waals surface area contributed by atoms with E-state index in [1.165, 1.54) is 34.3 Å². The third-order valence-electron chi connectivity index (χ3n) is 6.28. The number of nitrogens with two attached hydrogens (primary N) is 1. The number of rotatable bonds is 18. The molecule has 0 aliphatic rings. The fraction of sp³-hybridized carbons (Fsp3) is 0.853. The topological polar surface area (TPSA) is 146 Å². The zero-order valence-corrected chi connectivity index (χ0v) is 39.9. The molecular weight excluding hydrogens is 875 g/mol. The lowest BCUT2D eigenvalue weighted by Gasteiger charge is -2.30.